The van der Waals surface area contributed by atoms with Crippen LogP contribution in [0, 0.1) is 0 Å². The van der Waals surface area contributed by atoms with E-state index in [1.807, 2.05) is 18.2 Å². The Balaban J connectivity index is 2.04. The van der Waals surface area contributed by atoms with E-state index in [1.54, 1.807) is 12.3 Å². The quantitative estimate of drug-likeness (QED) is 0.896. The molecule has 0 amide bonds. The third-order valence-corrected chi connectivity index (χ3v) is 3.27. The topological polar surface area (TPSA) is 59.4 Å². The normalized spacial score (nSPS) is 15.3. The number of fused-ring (bicyclic) bond motifs is 1. The molecule has 19 heavy (non-hydrogen) atoms. The second-order valence-corrected chi connectivity index (χ2v) is 4.49. The number of rotatable bonds is 2. The first-order chi connectivity index (χ1) is 9.24. The molecule has 0 saturated carbocycles. The summed E-state index contributed by atoms with van der Waals surface area (Å²) in [6, 6.07) is 7.60. The first kappa shape index (κ1) is 11.9. The summed E-state index contributed by atoms with van der Waals surface area (Å²) in [5.41, 5.74) is 2.50. The van der Waals surface area contributed by atoms with Gasteiger partial charge in [0.05, 0.1) is 13.2 Å². The molecule has 1 aromatic heterocycles. The first-order valence-corrected chi connectivity index (χ1v) is 6.14. The fraction of sp³-hybridized carbons (Fsp3) is 0.200. The lowest BCUT2D eigenvalue weighted by Gasteiger charge is -2.14. The molecule has 1 aliphatic rings. The summed E-state index contributed by atoms with van der Waals surface area (Å²) < 4.78 is 5.30. The highest BCUT2D eigenvalue weighted by Gasteiger charge is 2.09. The van der Waals surface area contributed by atoms with Crippen LogP contribution in [0.15, 0.2) is 36.5 Å². The third kappa shape index (κ3) is 2.35. The van der Waals surface area contributed by atoms with Crippen LogP contribution in [0.1, 0.15) is 22.5 Å². The number of ether oxygens (including phenoxy) is 1. The van der Waals surface area contributed by atoms with Crippen LogP contribution in [0.5, 0.6) is 0 Å². The molecule has 96 valence electrons. The van der Waals surface area contributed by atoms with Gasteiger partial charge in [-0.15, -0.1) is 0 Å². The molecule has 0 radical (unpaired) electrons. The molecular formula is C15H13NO3. The van der Waals surface area contributed by atoms with E-state index in [9.17, 15) is 4.79 Å². The van der Waals surface area contributed by atoms with Crippen LogP contribution < -0.4 is 0 Å². The van der Waals surface area contributed by atoms with Crippen LogP contribution in [0.25, 0.3) is 16.3 Å². The molecule has 0 atom stereocenters. The van der Waals surface area contributed by atoms with Crippen molar-refractivity contribution in [2.24, 2.45) is 0 Å². The van der Waals surface area contributed by atoms with E-state index in [4.69, 9.17) is 9.84 Å². The fourth-order valence-electron chi connectivity index (χ4n) is 2.25. The molecule has 0 fully saturated rings. The maximum atomic E-state index is 10.9. The Morgan fingerprint density at radius 2 is 2.16 bits per heavy atom. The number of carboxylic acid groups (broad SMARTS) is 1. The Hall–Kier alpha value is -2.20. The van der Waals surface area contributed by atoms with Crippen molar-refractivity contribution in [1.29, 1.82) is 0 Å². The molecule has 4 heteroatoms. The van der Waals surface area contributed by atoms with Crippen LogP contribution in [0.3, 0.4) is 0 Å². The number of nitrogens with zero attached hydrogens (tertiary/aromatic N) is 1. The van der Waals surface area contributed by atoms with Crippen LogP contribution in [0.4, 0.5) is 0 Å². The highest BCUT2D eigenvalue weighted by atomic mass is 16.5. The maximum absolute atomic E-state index is 10.9. The molecule has 4 nitrogen and oxygen atoms in total. The Labute approximate surface area is 110 Å². The SMILES string of the molecule is O=C(O)c1cc2ccc(C3=CCOCC3)cc2cn1. The minimum atomic E-state index is -1.00. The van der Waals surface area contributed by atoms with Crippen molar-refractivity contribution in [3.63, 3.8) is 0 Å². The van der Waals surface area contributed by atoms with Gasteiger partial charge in [0.25, 0.3) is 0 Å². The number of carbonyl (C=O) groups is 1. The summed E-state index contributed by atoms with van der Waals surface area (Å²) in [6.45, 7) is 1.41. The van der Waals surface area contributed by atoms with Crippen LogP contribution in [-0.2, 0) is 4.74 Å². The highest BCUT2D eigenvalue weighted by molar-refractivity contribution is 5.93. The molecule has 0 bridgehead atoms. The van der Waals surface area contributed by atoms with Gasteiger partial charge in [0, 0.05) is 11.6 Å². The number of aromatic carboxylic acids is 1. The van der Waals surface area contributed by atoms with E-state index in [-0.39, 0.29) is 5.69 Å². The van der Waals surface area contributed by atoms with Gasteiger partial charge in [-0.2, -0.15) is 0 Å². The Bertz CT molecular complexity index is 676. The minimum absolute atomic E-state index is 0.0746. The lowest BCUT2D eigenvalue weighted by Crippen LogP contribution is -2.03. The van der Waals surface area contributed by atoms with E-state index in [0.29, 0.717) is 6.61 Å². The summed E-state index contributed by atoms with van der Waals surface area (Å²) in [4.78, 5) is 14.8. The lowest BCUT2D eigenvalue weighted by molar-refractivity contribution is 0.0690. The van der Waals surface area contributed by atoms with Crippen molar-refractivity contribution in [3.05, 3.63) is 47.8 Å². The molecule has 1 aromatic carbocycles. The molecular weight excluding hydrogens is 242 g/mol. The van der Waals surface area contributed by atoms with Gasteiger partial charge in [-0.3, -0.25) is 0 Å². The molecule has 0 unspecified atom stereocenters. The standard InChI is InChI=1S/C15H13NO3/c17-15(18)14-8-12-2-1-11(7-13(12)9-16-14)10-3-5-19-6-4-10/h1-3,7-9H,4-6H2,(H,17,18). The van der Waals surface area contributed by atoms with E-state index in [2.05, 4.69) is 11.1 Å². The molecule has 0 spiro atoms. The number of hydrogen-bond acceptors (Lipinski definition) is 3. The van der Waals surface area contributed by atoms with Gasteiger partial charge in [-0.05, 0) is 35.1 Å². The molecule has 0 saturated heterocycles. The van der Waals surface area contributed by atoms with Crippen molar-refractivity contribution in [1.82, 2.24) is 4.98 Å². The van der Waals surface area contributed by atoms with Gasteiger partial charge in [0.2, 0.25) is 0 Å². The number of pyridine rings is 1. The van der Waals surface area contributed by atoms with Crippen molar-refractivity contribution in [3.8, 4) is 0 Å². The zero-order valence-corrected chi connectivity index (χ0v) is 10.3. The van der Waals surface area contributed by atoms with Crippen LogP contribution in [-0.4, -0.2) is 29.3 Å². The van der Waals surface area contributed by atoms with Crippen molar-refractivity contribution >= 4 is 22.3 Å². The summed E-state index contributed by atoms with van der Waals surface area (Å²) >= 11 is 0. The predicted octanol–water partition coefficient (Wildman–Crippen LogP) is 2.74. The Kier molecular flexibility index (Phi) is 3.01. The van der Waals surface area contributed by atoms with Crippen molar-refractivity contribution in [2.75, 3.05) is 13.2 Å². The number of carboxylic acids is 1. The zero-order chi connectivity index (χ0) is 13.2. The lowest BCUT2D eigenvalue weighted by atomic mass is 9.99. The Morgan fingerprint density at radius 3 is 2.89 bits per heavy atom. The van der Waals surface area contributed by atoms with E-state index < -0.39 is 5.97 Å². The zero-order valence-electron chi connectivity index (χ0n) is 10.3. The maximum Gasteiger partial charge on any atom is 0.354 e. The molecule has 0 aliphatic carbocycles. The number of hydrogen-bond donors (Lipinski definition) is 1. The molecule has 1 N–H and O–H groups in total. The summed E-state index contributed by atoms with van der Waals surface area (Å²) in [7, 11) is 0. The highest BCUT2D eigenvalue weighted by Crippen LogP contribution is 2.25. The fourth-order valence-corrected chi connectivity index (χ4v) is 2.25. The number of aromatic nitrogens is 1. The first-order valence-electron chi connectivity index (χ1n) is 6.14. The molecule has 2 heterocycles. The van der Waals surface area contributed by atoms with E-state index in [1.165, 1.54) is 5.57 Å². The van der Waals surface area contributed by atoms with Gasteiger partial charge >= 0.3 is 5.97 Å². The molecule has 1 aliphatic heterocycles. The largest absolute Gasteiger partial charge is 0.477 e. The summed E-state index contributed by atoms with van der Waals surface area (Å²) in [5.74, 6) is -1.00. The van der Waals surface area contributed by atoms with E-state index >= 15 is 0 Å². The van der Waals surface area contributed by atoms with Crippen molar-refractivity contribution < 1.29 is 14.6 Å². The van der Waals surface area contributed by atoms with Gasteiger partial charge in [0.1, 0.15) is 5.69 Å². The predicted molar refractivity (Wildman–Crippen MR) is 72.1 cm³/mol. The van der Waals surface area contributed by atoms with Gasteiger partial charge < -0.3 is 9.84 Å². The van der Waals surface area contributed by atoms with Gasteiger partial charge in [-0.25, -0.2) is 9.78 Å². The van der Waals surface area contributed by atoms with Crippen LogP contribution in [0.2, 0.25) is 0 Å². The number of benzene rings is 1. The smallest absolute Gasteiger partial charge is 0.354 e. The average Bonchev–Trinajstić information content (AvgIpc) is 2.47. The molecule has 2 aromatic rings. The van der Waals surface area contributed by atoms with Crippen LogP contribution >= 0.6 is 0 Å². The summed E-state index contributed by atoms with van der Waals surface area (Å²) in [5, 5.41) is 10.8. The molecule has 3 rings (SSSR count). The second-order valence-electron chi connectivity index (χ2n) is 4.49. The summed E-state index contributed by atoms with van der Waals surface area (Å²) in [6.07, 6.45) is 4.61. The van der Waals surface area contributed by atoms with Crippen molar-refractivity contribution in [2.45, 2.75) is 6.42 Å². The minimum Gasteiger partial charge on any atom is -0.477 e. The third-order valence-electron chi connectivity index (χ3n) is 3.27. The average molecular weight is 255 g/mol. The van der Waals surface area contributed by atoms with Gasteiger partial charge in [0.15, 0.2) is 0 Å². The van der Waals surface area contributed by atoms with E-state index in [0.717, 1.165) is 29.4 Å². The second kappa shape index (κ2) is 4.82. The monoisotopic (exact) mass is 255 g/mol. The van der Waals surface area contributed by atoms with Gasteiger partial charge in [-0.1, -0.05) is 18.2 Å². The Morgan fingerprint density at radius 1 is 1.26 bits per heavy atom.